The zero-order chi connectivity index (χ0) is 14.4. The molecule has 0 bridgehead atoms. The van der Waals surface area contributed by atoms with Crippen LogP contribution in [0, 0.1) is 13.8 Å². The molecule has 20 heavy (non-hydrogen) atoms. The van der Waals surface area contributed by atoms with Gasteiger partial charge in [0.1, 0.15) is 18.5 Å². The Morgan fingerprint density at radius 1 is 1.10 bits per heavy atom. The maximum absolute atomic E-state index is 9.93. The Bertz CT molecular complexity index is 540. The fraction of sp³-hybridized carbons (Fsp3) is 0.294. The lowest BCUT2D eigenvalue weighted by Crippen LogP contribution is -2.26. The summed E-state index contributed by atoms with van der Waals surface area (Å²) in [6.07, 6.45) is -0.545. The number of hydrogen-bond donors (Lipinski definition) is 2. The van der Waals surface area contributed by atoms with Crippen molar-refractivity contribution in [3.05, 3.63) is 59.7 Å². The highest BCUT2D eigenvalue weighted by Gasteiger charge is 2.06. The summed E-state index contributed by atoms with van der Waals surface area (Å²) in [6, 6.07) is 15.7. The standard InChI is InChI=1S/C17H21NO2/c1-13-8-9-17(14(2)10-13)18-11-15(19)12-20-16-6-4-3-5-7-16/h3-10,15,18-19H,11-12H2,1-2H3. The van der Waals surface area contributed by atoms with Crippen molar-refractivity contribution < 1.29 is 9.84 Å². The lowest BCUT2D eigenvalue weighted by molar-refractivity contribution is 0.117. The molecule has 0 heterocycles. The normalized spacial score (nSPS) is 11.9. The fourth-order valence-corrected chi connectivity index (χ4v) is 2.01. The first-order valence-corrected chi connectivity index (χ1v) is 6.82. The van der Waals surface area contributed by atoms with Crippen LogP contribution in [0.15, 0.2) is 48.5 Å². The molecule has 1 unspecified atom stereocenters. The highest BCUT2D eigenvalue weighted by atomic mass is 16.5. The zero-order valence-electron chi connectivity index (χ0n) is 12.0. The highest BCUT2D eigenvalue weighted by Crippen LogP contribution is 2.16. The maximum Gasteiger partial charge on any atom is 0.119 e. The van der Waals surface area contributed by atoms with Gasteiger partial charge in [0.25, 0.3) is 0 Å². The van der Waals surface area contributed by atoms with Gasteiger partial charge in [0.05, 0.1) is 0 Å². The second-order valence-corrected chi connectivity index (χ2v) is 4.98. The number of anilines is 1. The van der Waals surface area contributed by atoms with Crippen LogP contribution in [-0.2, 0) is 0 Å². The number of aryl methyl sites for hydroxylation is 2. The van der Waals surface area contributed by atoms with Crippen LogP contribution in [0.1, 0.15) is 11.1 Å². The molecule has 106 valence electrons. The van der Waals surface area contributed by atoms with Gasteiger partial charge in [-0.2, -0.15) is 0 Å². The average Bonchev–Trinajstić information content (AvgIpc) is 2.45. The number of rotatable bonds is 6. The molecule has 3 heteroatoms. The van der Waals surface area contributed by atoms with Crippen LogP contribution in [0.2, 0.25) is 0 Å². The van der Waals surface area contributed by atoms with Crippen LogP contribution in [0.4, 0.5) is 5.69 Å². The van der Waals surface area contributed by atoms with E-state index < -0.39 is 6.10 Å². The number of para-hydroxylation sites is 1. The van der Waals surface area contributed by atoms with Crippen molar-refractivity contribution >= 4 is 5.69 Å². The molecule has 0 amide bonds. The van der Waals surface area contributed by atoms with Gasteiger partial charge < -0.3 is 15.2 Å². The van der Waals surface area contributed by atoms with Crippen LogP contribution in [0.25, 0.3) is 0 Å². The molecule has 2 rings (SSSR count). The van der Waals surface area contributed by atoms with Crippen molar-refractivity contribution in [2.75, 3.05) is 18.5 Å². The van der Waals surface area contributed by atoms with E-state index in [0.717, 1.165) is 11.4 Å². The van der Waals surface area contributed by atoms with E-state index in [0.29, 0.717) is 6.54 Å². The first-order valence-electron chi connectivity index (χ1n) is 6.82. The molecule has 0 aliphatic heterocycles. The van der Waals surface area contributed by atoms with Gasteiger partial charge in [-0.1, -0.05) is 35.9 Å². The highest BCUT2D eigenvalue weighted by molar-refractivity contribution is 5.51. The van der Waals surface area contributed by atoms with Gasteiger partial charge in [0.15, 0.2) is 0 Å². The van der Waals surface area contributed by atoms with Gasteiger partial charge in [-0.25, -0.2) is 0 Å². The quantitative estimate of drug-likeness (QED) is 0.848. The van der Waals surface area contributed by atoms with Crippen LogP contribution in [0.3, 0.4) is 0 Å². The largest absolute Gasteiger partial charge is 0.491 e. The summed E-state index contributed by atoms with van der Waals surface area (Å²) in [5, 5.41) is 13.2. The van der Waals surface area contributed by atoms with Crippen molar-refractivity contribution in [3.8, 4) is 5.75 Å². The van der Waals surface area contributed by atoms with Gasteiger partial charge in [-0.15, -0.1) is 0 Å². The van der Waals surface area contributed by atoms with Gasteiger partial charge in [-0.3, -0.25) is 0 Å². The van der Waals surface area contributed by atoms with Crippen LogP contribution in [-0.4, -0.2) is 24.4 Å². The summed E-state index contributed by atoms with van der Waals surface area (Å²) >= 11 is 0. The molecule has 0 aliphatic carbocycles. The Morgan fingerprint density at radius 3 is 2.55 bits per heavy atom. The third-order valence-corrected chi connectivity index (χ3v) is 3.10. The predicted molar refractivity (Wildman–Crippen MR) is 82.3 cm³/mol. The smallest absolute Gasteiger partial charge is 0.119 e. The van der Waals surface area contributed by atoms with Gasteiger partial charge in [0.2, 0.25) is 0 Å². The summed E-state index contributed by atoms with van der Waals surface area (Å²) in [6.45, 7) is 4.88. The number of aliphatic hydroxyl groups excluding tert-OH is 1. The van der Waals surface area contributed by atoms with Gasteiger partial charge in [-0.05, 0) is 37.6 Å². The molecule has 0 fully saturated rings. The van der Waals surface area contributed by atoms with Crippen molar-refractivity contribution in [1.29, 1.82) is 0 Å². The summed E-state index contributed by atoms with van der Waals surface area (Å²) in [5.74, 6) is 0.776. The SMILES string of the molecule is Cc1ccc(NCC(O)COc2ccccc2)c(C)c1. The molecule has 2 N–H and O–H groups in total. The van der Waals surface area contributed by atoms with E-state index in [1.54, 1.807) is 0 Å². The molecular formula is C17H21NO2. The number of nitrogens with one attached hydrogen (secondary N) is 1. The summed E-state index contributed by atoms with van der Waals surface area (Å²) in [4.78, 5) is 0. The van der Waals surface area contributed by atoms with E-state index in [9.17, 15) is 5.11 Å². The molecule has 2 aromatic carbocycles. The Balaban J connectivity index is 1.79. The van der Waals surface area contributed by atoms with Crippen molar-refractivity contribution in [3.63, 3.8) is 0 Å². The molecule has 0 saturated carbocycles. The van der Waals surface area contributed by atoms with E-state index in [1.807, 2.05) is 36.4 Å². The Morgan fingerprint density at radius 2 is 1.85 bits per heavy atom. The summed E-state index contributed by atoms with van der Waals surface area (Å²) in [5.41, 5.74) is 3.47. The van der Waals surface area contributed by atoms with E-state index in [-0.39, 0.29) is 6.61 Å². The minimum atomic E-state index is -0.545. The van der Waals surface area contributed by atoms with E-state index >= 15 is 0 Å². The Hall–Kier alpha value is -2.00. The van der Waals surface area contributed by atoms with E-state index in [2.05, 4.69) is 31.3 Å². The van der Waals surface area contributed by atoms with Crippen LogP contribution < -0.4 is 10.1 Å². The summed E-state index contributed by atoms with van der Waals surface area (Å²) in [7, 11) is 0. The third-order valence-electron chi connectivity index (χ3n) is 3.10. The topological polar surface area (TPSA) is 41.5 Å². The monoisotopic (exact) mass is 271 g/mol. The lowest BCUT2D eigenvalue weighted by atomic mass is 10.1. The Kier molecular flexibility index (Phi) is 5.02. The molecule has 0 saturated heterocycles. The molecular weight excluding hydrogens is 250 g/mol. The van der Waals surface area contributed by atoms with Gasteiger partial charge >= 0.3 is 0 Å². The third kappa shape index (κ3) is 4.28. The Labute approximate surface area is 120 Å². The molecule has 3 nitrogen and oxygen atoms in total. The second-order valence-electron chi connectivity index (χ2n) is 4.98. The number of ether oxygens (including phenoxy) is 1. The van der Waals surface area contributed by atoms with Crippen molar-refractivity contribution in [2.24, 2.45) is 0 Å². The van der Waals surface area contributed by atoms with Crippen LogP contribution >= 0.6 is 0 Å². The number of benzene rings is 2. The summed E-state index contributed by atoms with van der Waals surface area (Å²) < 4.78 is 5.52. The van der Waals surface area contributed by atoms with Crippen LogP contribution in [0.5, 0.6) is 5.75 Å². The number of hydrogen-bond acceptors (Lipinski definition) is 3. The predicted octanol–water partition coefficient (Wildman–Crippen LogP) is 3.16. The second kappa shape index (κ2) is 6.96. The lowest BCUT2D eigenvalue weighted by Gasteiger charge is -2.15. The maximum atomic E-state index is 9.93. The molecule has 0 radical (unpaired) electrons. The molecule has 0 aromatic heterocycles. The first-order chi connectivity index (χ1) is 9.65. The minimum absolute atomic E-state index is 0.280. The van der Waals surface area contributed by atoms with Gasteiger partial charge in [0, 0.05) is 12.2 Å². The molecule has 0 spiro atoms. The number of aliphatic hydroxyl groups is 1. The average molecular weight is 271 g/mol. The minimum Gasteiger partial charge on any atom is -0.491 e. The van der Waals surface area contributed by atoms with Crippen molar-refractivity contribution in [2.45, 2.75) is 20.0 Å². The van der Waals surface area contributed by atoms with Crippen molar-refractivity contribution in [1.82, 2.24) is 0 Å². The molecule has 0 aliphatic rings. The van der Waals surface area contributed by atoms with E-state index in [1.165, 1.54) is 11.1 Å². The molecule has 1 atom stereocenters. The fourth-order valence-electron chi connectivity index (χ4n) is 2.01. The molecule has 2 aromatic rings. The van der Waals surface area contributed by atoms with E-state index in [4.69, 9.17) is 4.74 Å². The first kappa shape index (κ1) is 14.4. The zero-order valence-corrected chi connectivity index (χ0v) is 12.0.